The molecule has 0 aliphatic heterocycles. The highest BCUT2D eigenvalue weighted by molar-refractivity contribution is 7.09. The summed E-state index contributed by atoms with van der Waals surface area (Å²) >= 11 is 1.57. The van der Waals surface area contributed by atoms with Crippen molar-refractivity contribution in [2.75, 3.05) is 0 Å². The zero-order valence-corrected chi connectivity index (χ0v) is 14.1. The number of pyridine rings is 1. The first-order chi connectivity index (χ1) is 12.0. The number of halogens is 2. The molecule has 0 atom stereocenters. The molecule has 2 aromatic heterocycles. The molecule has 128 valence electrons. The molecule has 0 aliphatic rings. The minimum Gasteiger partial charge on any atom is -0.310 e. The summed E-state index contributed by atoms with van der Waals surface area (Å²) in [4.78, 5) is 25.9. The third-order valence-electron chi connectivity index (χ3n) is 3.84. The van der Waals surface area contributed by atoms with Crippen molar-refractivity contribution in [3.05, 3.63) is 92.0 Å². The number of nitrogens with zero attached hydrogens (tertiary/aromatic N) is 1. The third kappa shape index (κ3) is 4.09. The molecule has 0 unspecified atom stereocenters. The molecule has 0 aliphatic carbocycles. The van der Waals surface area contributed by atoms with Gasteiger partial charge in [-0.05, 0) is 47.7 Å². The van der Waals surface area contributed by atoms with E-state index in [1.165, 1.54) is 22.9 Å². The molecule has 0 spiro atoms. The number of thiophene rings is 1. The molecule has 0 radical (unpaired) electrons. The van der Waals surface area contributed by atoms with Gasteiger partial charge in [-0.1, -0.05) is 12.1 Å². The van der Waals surface area contributed by atoms with Crippen LogP contribution >= 0.6 is 11.3 Å². The first-order valence-electron chi connectivity index (χ1n) is 7.73. The summed E-state index contributed by atoms with van der Waals surface area (Å²) < 4.78 is 27.6. The van der Waals surface area contributed by atoms with Crippen molar-refractivity contribution in [3.63, 3.8) is 0 Å². The van der Waals surface area contributed by atoms with Crippen LogP contribution in [0.3, 0.4) is 0 Å². The largest absolute Gasteiger partial charge is 0.310 e. The number of carbonyl (C=O) groups is 1. The van der Waals surface area contributed by atoms with Crippen molar-refractivity contribution in [3.8, 4) is 0 Å². The van der Waals surface area contributed by atoms with E-state index in [4.69, 9.17) is 0 Å². The average Bonchev–Trinajstić information content (AvgIpc) is 3.11. The van der Waals surface area contributed by atoms with E-state index < -0.39 is 17.2 Å². The van der Waals surface area contributed by atoms with E-state index in [9.17, 15) is 18.4 Å². The van der Waals surface area contributed by atoms with Crippen molar-refractivity contribution < 1.29 is 13.6 Å². The lowest BCUT2D eigenvalue weighted by Gasteiger charge is -2.08. The van der Waals surface area contributed by atoms with Crippen LogP contribution in [0.25, 0.3) is 0 Å². The maximum Gasteiger partial charge on any atom is 0.261 e. The lowest BCUT2D eigenvalue weighted by Crippen LogP contribution is -2.26. The van der Waals surface area contributed by atoms with Crippen molar-refractivity contribution in [1.29, 1.82) is 0 Å². The van der Waals surface area contributed by atoms with Gasteiger partial charge < -0.3 is 4.57 Å². The summed E-state index contributed by atoms with van der Waals surface area (Å²) in [5, 5.41) is 1.94. The molecule has 0 amide bonds. The second-order valence-corrected chi connectivity index (χ2v) is 6.64. The molecule has 0 fully saturated rings. The number of aryl methyl sites for hydroxylation is 1. The fraction of sp³-hybridized carbons (Fsp3) is 0.158. The Morgan fingerprint density at radius 1 is 1.08 bits per heavy atom. The van der Waals surface area contributed by atoms with Gasteiger partial charge in [0.2, 0.25) is 0 Å². The summed E-state index contributed by atoms with van der Waals surface area (Å²) in [5.74, 6) is -2.12. The minimum absolute atomic E-state index is 0.0715. The topological polar surface area (TPSA) is 39.1 Å². The smallest absolute Gasteiger partial charge is 0.261 e. The Balaban J connectivity index is 1.78. The Morgan fingerprint density at radius 3 is 2.64 bits per heavy atom. The summed E-state index contributed by atoms with van der Waals surface area (Å²) in [5.41, 5.74) is 0.134. The van der Waals surface area contributed by atoms with Crippen LogP contribution in [0.4, 0.5) is 8.78 Å². The number of carbonyl (C=O) groups excluding carboxylic acids is 1. The van der Waals surface area contributed by atoms with Gasteiger partial charge in [0, 0.05) is 17.5 Å². The molecular formula is C19H15F2NO2S. The van der Waals surface area contributed by atoms with Gasteiger partial charge in [-0.15, -0.1) is 11.3 Å². The predicted octanol–water partition coefficient (Wildman–Crippen LogP) is 4.05. The molecule has 0 bridgehead atoms. The highest BCUT2D eigenvalue weighted by Crippen LogP contribution is 2.13. The fourth-order valence-corrected chi connectivity index (χ4v) is 3.24. The highest BCUT2D eigenvalue weighted by atomic mass is 32.1. The van der Waals surface area contributed by atoms with Gasteiger partial charge in [-0.25, -0.2) is 8.78 Å². The lowest BCUT2D eigenvalue weighted by atomic mass is 10.1. The molecular weight excluding hydrogens is 344 g/mol. The van der Waals surface area contributed by atoms with Crippen molar-refractivity contribution >= 4 is 17.1 Å². The Kier molecular flexibility index (Phi) is 5.19. The van der Waals surface area contributed by atoms with E-state index in [0.29, 0.717) is 12.0 Å². The van der Waals surface area contributed by atoms with Gasteiger partial charge in [0.25, 0.3) is 5.56 Å². The number of benzene rings is 1. The molecule has 3 aromatic rings. The van der Waals surface area contributed by atoms with Crippen LogP contribution in [-0.4, -0.2) is 10.4 Å². The molecule has 0 saturated heterocycles. The Bertz CT molecular complexity index is 948. The van der Waals surface area contributed by atoms with E-state index in [2.05, 4.69) is 0 Å². The van der Waals surface area contributed by atoms with Crippen LogP contribution in [0.5, 0.6) is 0 Å². The quantitative estimate of drug-likeness (QED) is 0.623. The number of Topliss-reactive ketones (excluding diaryl/α,β-unsaturated/α-hetero) is 1. The van der Waals surface area contributed by atoms with Crippen LogP contribution in [0.2, 0.25) is 0 Å². The SMILES string of the molecule is O=C(CCc1cccs1)c1cccn(Cc2ccc(F)c(F)c2)c1=O. The summed E-state index contributed by atoms with van der Waals surface area (Å²) in [6.45, 7) is 0.0715. The predicted molar refractivity (Wildman–Crippen MR) is 93.1 cm³/mol. The van der Waals surface area contributed by atoms with Gasteiger partial charge >= 0.3 is 0 Å². The molecule has 3 rings (SSSR count). The average molecular weight is 359 g/mol. The van der Waals surface area contributed by atoms with E-state index in [1.54, 1.807) is 17.4 Å². The first kappa shape index (κ1) is 17.2. The second kappa shape index (κ2) is 7.53. The van der Waals surface area contributed by atoms with E-state index >= 15 is 0 Å². The number of hydrogen-bond donors (Lipinski definition) is 0. The van der Waals surface area contributed by atoms with Gasteiger partial charge in [-0.3, -0.25) is 9.59 Å². The molecule has 2 heterocycles. The van der Waals surface area contributed by atoms with Crippen LogP contribution < -0.4 is 5.56 Å². The monoisotopic (exact) mass is 359 g/mol. The minimum atomic E-state index is -0.964. The lowest BCUT2D eigenvalue weighted by molar-refractivity contribution is 0.0981. The van der Waals surface area contributed by atoms with Gasteiger partial charge in [0.05, 0.1) is 12.1 Å². The summed E-state index contributed by atoms with van der Waals surface area (Å²) in [6.07, 6.45) is 2.37. The van der Waals surface area contributed by atoms with Crippen molar-refractivity contribution in [2.24, 2.45) is 0 Å². The zero-order valence-electron chi connectivity index (χ0n) is 13.2. The number of rotatable bonds is 6. The van der Waals surface area contributed by atoms with Crippen molar-refractivity contribution in [1.82, 2.24) is 4.57 Å². The van der Waals surface area contributed by atoms with E-state index in [-0.39, 0.29) is 24.3 Å². The Labute approximate surface area is 147 Å². The normalized spacial score (nSPS) is 10.8. The van der Waals surface area contributed by atoms with Crippen LogP contribution in [0.15, 0.2) is 58.8 Å². The standard InChI is InChI=1S/C19H15F2NO2S/c20-16-7-5-13(11-17(16)21)12-22-9-1-4-15(19(22)24)18(23)8-6-14-3-2-10-25-14/h1-5,7,9-11H,6,8,12H2. The van der Waals surface area contributed by atoms with Gasteiger partial charge in [-0.2, -0.15) is 0 Å². The number of aromatic nitrogens is 1. The molecule has 25 heavy (non-hydrogen) atoms. The Morgan fingerprint density at radius 2 is 1.92 bits per heavy atom. The maximum absolute atomic E-state index is 13.3. The fourth-order valence-electron chi connectivity index (χ4n) is 2.53. The van der Waals surface area contributed by atoms with Crippen LogP contribution in [0, 0.1) is 11.6 Å². The highest BCUT2D eigenvalue weighted by Gasteiger charge is 2.13. The van der Waals surface area contributed by atoms with Gasteiger partial charge in [0.1, 0.15) is 0 Å². The van der Waals surface area contributed by atoms with Crippen LogP contribution in [-0.2, 0) is 13.0 Å². The molecule has 0 saturated carbocycles. The molecule has 3 nitrogen and oxygen atoms in total. The molecule has 1 aromatic carbocycles. The molecule has 0 N–H and O–H groups in total. The number of ketones is 1. The van der Waals surface area contributed by atoms with E-state index in [0.717, 1.165) is 17.0 Å². The maximum atomic E-state index is 13.3. The molecule has 6 heteroatoms. The summed E-state index contributed by atoms with van der Waals surface area (Å²) in [6, 6.07) is 10.5. The van der Waals surface area contributed by atoms with Crippen LogP contribution in [0.1, 0.15) is 27.2 Å². The second-order valence-electron chi connectivity index (χ2n) is 5.61. The number of hydrogen-bond acceptors (Lipinski definition) is 3. The van der Waals surface area contributed by atoms with Crippen molar-refractivity contribution in [2.45, 2.75) is 19.4 Å². The summed E-state index contributed by atoms with van der Waals surface area (Å²) in [7, 11) is 0. The van der Waals surface area contributed by atoms with E-state index in [1.807, 2.05) is 17.5 Å². The zero-order chi connectivity index (χ0) is 17.8. The van der Waals surface area contributed by atoms with Gasteiger partial charge in [0.15, 0.2) is 17.4 Å². The first-order valence-corrected chi connectivity index (χ1v) is 8.61. The Hall–Kier alpha value is -2.60. The third-order valence-corrected chi connectivity index (χ3v) is 4.77.